The number of nitrogens with one attached hydrogen (secondary N) is 1. The van der Waals surface area contributed by atoms with Gasteiger partial charge in [0.15, 0.2) is 4.67 Å². The number of likely N-dealkylation sites (N-methyl/N-ethyl adjacent to an activating group) is 1. The summed E-state index contributed by atoms with van der Waals surface area (Å²) >= 11 is 3.05. The fourth-order valence-electron chi connectivity index (χ4n) is 0.917. The van der Waals surface area contributed by atoms with Crippen molar-refractivity contribution in [1.82, 2.24) is 9.62 Å². The summed E-state index contributed by atoms with van der Waals surface area (Å²) in [6, 6.07) is 2.95. The number of rotatable bonds is 5. The van der Waals surface area contributed by atoms with Crippen LogP contribution in [0.4, 0.5) is 0 Å². The minimum Gasteiger partial charge on any atom is -0.437 e. The Morgan fingerprint density at radius 2 is 2.13 bits per heavy atom. The molecule has 1 N–H and O–H groups in total. The molecule has 1 aromatic rings. The Labute approximate surface area is 97.6 Å². The Bertz CT molecular complexity index is 413. The van der Waals surface area contributed by atoms with E-state index >= 15 is 0 Å². The van der Waals surface area contributed by atoms with Gasteiger partial charge >= 0.3 is 0 Å². The van der Waals surface area contributed by atoms with E-state index in [-0.39, 0.29) is 5.09 Å². The molecule has 0 aliphatic heterocycles. The fourth-order valence-corrected chi connectivity index (χ4v) is 2.28. The molecular weight excluding hydrogens is 284 g/mol. The first-order valence-electron chi connectivity index (χ1n) is 4.31. The molecule has 0 bridgehead atoms. The van der Waals surface area contributed by atoms with Gasteiger partial charge < -0.3 is 9.32 Å². The van der Waals surface area contributed by atoms with Gasteiger partial charge in [0.25, 0.3) is 10.0 Å². The second kappa shape index (κ2) is 5.11. The summed E-state index contributed by atoms with van der Waals surface area (Å²) in [5, 5.41) is -0.0758. The normalized spacial score (nSPS) is 12.3. The predicted molar refractivity (Wildman–Crippen MR) is 60.2 cm³/mol. The van der Waals surface area contributed by atoms with Crippen LogP contribution >= 0.6 is 15.9 Å². The topological polar surface area (TPSA) is 62.6 Å². The Morgan fingerprint density at radius 1 is 1.47 bits per heavy atom. The second-order valence-electron chi connectivity index (χ2n) is 3.26. The minimum atomic E-state index is -3.51. The lowest BCUT2D eigenvalue weighted by Gasteiger charge is -2.09. The molecule has 0 saturated carbocycles. The summed E-state index contributed by atoms with van der Waals surface area (Å²) in [5.41, 5.74) is 0. The molecule has 0 atom stereocenters. The zero-order valence-corrected chi connectivity index (χ0v) is 10.9. The third kappa shape index (κ3) is 3.94. The van der Waals surface area contributed by atoms with Crippen molar-refractivity contribution in [3.05, 3.63) is 16.8 Å². The molecular formula is C8H13BrN2O3S. The van der Waals surface area contributed by atoms with Crippen LogP contribution in [0, 0.1) is 0 Å². The highest BCUT2D eigenvalue weighted by molar-refractivity contribution is 9.10. The highest BCUT2D eigenvalue weighted by atomic mass is 79.9. The van der Waals surface area contributed by atoms with Gasteiger partial charge in [0.2, 0.25) is 5.09 Å². The molecule has 0 amide bonds. The summed E-state index contributed by atoms with van der Waals surface area (Å²) < 4.78 is 31.0. The highest BCUT2D eigenvalue weighted by Crippen LogP contribution is 2.17. The van der Waals surface area contributed by atoms with Crippen LogP contribution in [0.2, 0.25) is 0 Å². The van der Waals surface area contributed by atoms with Crippen molar-refractivity contribution < 1.29 is 12.8 Å². The monoisotopic (exact) mass is 296 g/mol. The average Bonchev–Trinajstić information content (AvgIpc) is 2.51. The first-order valence-corrected chi connectivity index (χ1v) is 6.59. The van der Waals surface area contributed by atoms with E-state index in [1.54, 1.807) is 6.07 Å². The first kappa shape index (κ1) is 12.7. The molecule has 0 spiro atoms. The average molecular weight is 297 g/mol. The molecule has 1 rings (SSSR count). The largest absolute Gasteiger partial charge is 0.437 e. The summed E-state index contributed by atoms with van der Waals surface area (Å²) in [4.78, 5) is 1.89. The van der Waals surface area contributed by atoms with E-state index < -0.39 is 10.0 Å². The molecule has 0 aromatic carbocycles. The van der Waals surface area contributed by atoms with Gasteiger partial charge in [0.05, 0.1) is 0 Å². The number of hydrogen-bond acceptors (Lipinski definition) is 4. The van der Waals surface area contributed by atoms with Crippen molar-refractivity contribution in [1.29, 1.82) is 0 Å². The van der Waals surface area contributed by atoms with Crippen molar-refractivity contribution in [2.75, 3.05) is 27.2 Å². The molecule has 15 heavy (non-hydrogen) atoms. The molecule has 0 aliphatic rings. The van der Waals surface area contributed by atoms with Crippen LogP contribution in [0.1, 0.15) is 0 Å². The van der Waals surface area contributed by atoms with Gasteiger partial charge in [-0.1, -0.05) is 0 Å². The standard InChI is InChI=1S/C8H13BrN2O3S/c1-11(2)6-5-10-15(12,13)8-4-3-7(9)14-8/h3-4,10H,5-6H2,1-2H3. The quantitative estimate of drug-likeness (QED) is 0.876. The third-order valence-electron chi connectivity index (χ3n) is 1.66. The molecule has 0 radical (unpaired) electrons. The molecule has 1 aromatic heterocycles. The van der Waals surface area contributed by atoms with Gasteiger partial charge in [0.1, 0.15) is 0 Å². The maximum atomic E-state index is 11.6. The fraction of sp³-hybridized carbons (Fsp3) is 0.500. The van der Waals surface area contributed by atoms with Crippen molar-refractivity contribution in [2.24, 2.45) is 0 Å². The van der Waals surface area contributed by atoms with Gasteiger partial charge in [0, 0.05) is 13.1 Å². The van der Waals surface area contributed by atoms with Crippen LogP contribution in [0.15, 0.2) is 26.3 Å². The Hall–Kier alpha value is -0.370. The molecule has 0 fully saturated rings. The summed E-state index contributed by atoms with van der Waals surface area (Å²) in [7, 11) is 0.237. The SMILES string of the molecule is CN(C)CCNS(=O)(=O)c1ccc(Br)o1. The molecule has 5 nitrogen and oxygen atoms in total. The lowest BCUT2D eigenvalue weighted by molar-refractivity contribution is 0.405. The lowest BCUT2D eigenvalue weighted by atomic mass is 10.6. The molecule has 86 valence electrons. The van der Waals surface area contributed by atoms with E-state index in [1.165, 1.54) is 6.07 Å². The van der Waals surface area contributed by atoms with E-state index in [1.807, 2.05) is 19.0 Å². The molecule has 0 saturated heterocycles. The maximum Gasteiger partial charge on any atom is 0.274 e. The second-order valence-corrected chi connectivity index (χ2v) is 5.74. The van der Waals surface area contributed by atoms with Gasteiger partial charge in [-0.25, -0.2) is 13.1 Å². The van der Waals surface area contributed by atoms with Gasteiger partial charge in [-0.3, -0.25) is 0 Å². The number of nitrogens with zero attached hydrogens (tertiary/aromatic N) is 1. The molecule has 0 unspecified atom stereocenters. The lowest BCUT2D eigenvalue weighted by Crippen LogP contribution is -2.31. The van der Waals surface area contributed by atoms with Crippen LogP contribution in [0.3, 0.4) is 0 Å². The van der Waals surface area contributed by atoms with Gasteiger partial charge in [-0.2, -0.15) is 0 Å². The van der Waals surface area contributed by atoms with Gasteiger partial charge in [-0.15, -0.1) is 0 Å². The van der Waals surface area contributed by atoms with Crippen LogP contribution < -0.4 is 4.72 Å². The zero-order chi connectivity index (χ0) is 11.5. The smallest absolute Gasteiger partial charge is 0.274 e. The zero-order valence-electron chi connectivity index (χ0n) is 8.53. The van der Waals surface area contributed by atoms with Crippen molar-refractivity contribution >= 4 is 26.0 Å². The third-order valence-corrected chi connectivity index (χ3v) is 3.42. The number of furan rings is 1. The Morgan fingerprint density at radius 3 is 2.60 bits per heavy atom. The Kier molecular flexibility index (Phi) is 4.32. The summed E-state index contributed by atoms with van der Waals surface area (Å²) in [6.07, 6.45) is 0. The predicted octanol–water partition coefficient (Wildman–Crippen LogP) is 0.882. The van der Waals surface area contributed by atoms with Crippen LogP contribution in [-0.4, -0.2) is 40.5 Å². The summed E-state index contributed by atoms with van der Waals surface area (Å²) in [6.45, 7) is 0.995. The number of sulfonamides is 1. The Balaban J connectivity index is 2.60. The molecule has 7 heteroatoms. The van der Waals surface area contributed by atoms with Crippen molar-refractivity contribution in [3.8, 4) is 0 Å². The maximum absolute atomic E-state index is 11.6. The van der Waals surface area contributed by atoms with E-state index in [9.17, 15) is 8.42 Å². The summed E-state index contributed by atoms with van der Waals surface area (Å²) in [5.74, 6) is 0. The van der Waals surface area contributed by atoms with Crippen LogP contribution in [0.25, 0.3) is 0 Å². The van der Waals surface area contributed by atoms with Gasteiger partial charge in [-0.05, 0) is 42.2 Å². The van der Waals surface area contributed by atoms with Crippen molar-refractivity contribution in [2.45, 2.75) is 5.09 Å². The van der Waals surface area contributed by atoms with E-state index in [0.717, 1.165) is 0 Å². The first-order chi connectivity index (χ1) is 6.92. The highest BCUT2D eigenvalue weighted by Gasteiger charge is 2.17. The molecule has 0 aliphatic carbocycles. The van der Waals surface area contributed by atoms with Crippen molar-refractivity contribution in [3.63, 3.8) is 0 Å². The van der Waals surface area contributed by atoms with E-state index in [2.05, 4.69) is 20.7 Å². The molecule has 1 heterocycles. The minimum absolute atomic E-state index is 0.0758. The number of hydrogen-bond donors (Lipinski definition) is 1. The van der Waals surface area contributed by atoms with E-state index in [4.69, 9.17) is 4.42 Å². The van der Waals surface area contributed by atoms with Crippen LogP contribution in [0.5, 0.6) is 0 Å². The van der Waals surface area contributed by atoms with Crippen LogP contribution in [-0.2, 0) is 10.0 Å². The number of halogens is 1. The van der Waals surface area contributed by atoms with E-state index in [0.29, 0.717) is 17.8 Å².